The first-order valence-corrected chi connectivity index (χ1v) is 8.65. The van der Waals surface area contributed by atoms with Crippen LogP contribution in [0.25, 0.3) is 0 Å². The van der Waals surface area contributed by atoms with Crippen molar-refractivity contribution in [2.45, 2.75) is 56.7 Å². The van der Waals surface area contributed by atoms with Crippen molar-refractivity contribution in [1.29, 1.82) is 0 Å². The topological polar surface area (TPSA) is 63.4 Å². The smallest absolute Gasteiger partial charge is 0.223 e. The predicted octanol–water partition coefficient (Wildman–Crippen LogP) is 1.65. The van der Waals surface area contributed by atoms with Gasteiger partial charge in [-0.25, -0.2) is 8.42 Å². The molecule has 1 aliphatic carbocycles. The molecule has 2 aliphatic rings. The molecule has 4 nitrogen and oxygen atoms in total. The van der Waals surface area contributed by atoms with Crippen LogP contribution >= 0.6 is 12.2 Å². The highest BCUT2D eigenvalue weighted by molar-refractivity contribution is 7.92. The fourth-order valence-electron chi connectivity index (χ4n) is 3.24. The third-order valence-electron chi connectivity index (χ3n) is 4.37. The molecule has 1 saturated heterocycles. The summed E-state index contributed by atoms with van der Waals surface area (Å²) in [4.78, 5) is 0.0760. The molecule has 6 heteroatoms. The second kappa shape index (κ2) is 5.43. The number of thiocarbonyl (C=S) groups is 1. The van der Waals surface area contributed by atoms with E-state index < -0.39 is 15.3 Å². The van der Waals surface area contributed by atoms with Crippen LogP contribution in [0.15, 0.2) is 0 Å². The second-order valence-corrected chi connectivity index (χ2v) is 8.13. The van der Waals surface area contributed by atoms with Gasteiger partial charge in [-0.2, -0.15) is 4.31 Å². The van der Waals surface area contributed by atoms with Crippen LogP contribution in [0.5, 0.6) is 0 Å². The number of nitrogens with two attached hydrogens (primary N) is 1. The molecule has 0 aromatic rings. The predicted molar refractivity (Wildman–Crippen MR) is 76.9 cm³/mol. The van der Waals surface area contributed by atoms with E-state index in [-0.39, 0.29) is 11.0 Å². The van der Waals surface area contributed by atoms with Crippen LogP contribution in [0.4, 0.5) is 0 Å². The third kappa shape index (κ3) is 2.56. The lowest BCUT2D eigenvalue weighted by Crippen LogP contribution is -2.47. The second-order valence-electron chi connectivity index (χ2n) is 5.45. The number of hydrogen-bond donors (Lipinski definition) is 1. The van der Waals surface area contributed by atoms with Gasteiger partial charge in [-0.3, -0.25) is 0 Å². The minimum Gasteiger partial charge on any atom is -0.392 e. The molecule has 1 saturated carbocycles. The first-order valence-electron chi connectivity index (χ1n) is 6.74. The molecule has 1 aliphatic heterocycles. The zero-order valence-electron chi connectivity index (χ0n) is 10.8. The molecule has 104 valence electrons. The van der Waals surface area contributed by atoms with Crippen molar-refractivity contribution in [1.82, 2.24) is 4.31 Å². The zero-order valence-corrected chi connectivity index (χ0v) is 12.5. The molecule has 0 bridgehead atoms. The number of hydrogen-bond acceptors (Lipinski definition) is 3. The molecule has 0 radical (unpaired) electrons. The maximum atomic E-state index is 12.5. The molecular weight excluding hydrogens is 268 g/mol. The van der Waals surface area contributed by atoms with Crippen LogP contribution in [0.1, 0.15) is 45.4 Å². The van der Waals surface area contributed by atoms with Crippen LogP contribution in [-0.4, -0.2) is 35.5 Å². The molecule has 0 aromatic carbocycles. The molecule has 0 spiro atoms. The first kappa shape index (κ1) is 14.2. The lowest BCUT2D eigenvalue weighted by atomic mass is 9.97. The van der Waals surface area contributed by atoms with E-state index in [0.29, 0.717) is 12.5 Å². The van der Waals surface area contributed by atoms with Gasteiger partial charge in [0.05, 0.1) is 4.99 Å². The van der Waals surface area contributed by atoms with E-state index in [1.54, 1.807) is 11.2 Å². The molecular formula is C12H22N2O2S2. The van der Waals surface area contributed by atoms with Gasteiger partial charge in [0.25, 0.3) is 0 Å². The summed E-state index contributed by atoms with van der Waals surface area (Å²) in [5.74, 6) is 0.542. The molecule has 2 atom stereocenters. The summed E-state index contributed by atoms with van der Waals surface area (Å²) >= 11 is 4.85. The lowest BCUT2D eigenvalue weighted by molar-refractivity contribution is 0.287. The summed E-state index contributed by atoms with van der Waals surface area (Å²) in [7, 11) is -3.36. The Bertz CT molecular complexity index is 416. The van der Waals surface area contributed by atoms with Crippen molar-refractivity contribution >= 4 is 27.2 Å². The Morgan fingerprint density at radius 1 is 1.28 bits per heavy atom. The highest BCUT2D eigenvalue weighted by atomic mass is 32.2. The highest BCUT2D eigenvalue weighted by Crippen LogP contribution is 2.37. The van der Waals surface area contributed by atoms with Gasteiger partial charge in [-0.05, 0) is 38.5 Å². The van der Waals surface area contributed by atoms with Crippen molar-refractivity contribution in [2.75, 3.05) is 6.54 Å². The van der Waals surface area contributed by atoms with Crippen LogP contribution < -0.4 is 5.73 Å². The van der Waals surface area contributed by atoms with Crippen LogP contribution in [-0.2, 0) is 10.0 Å². The van der Waals surface area contributed by atoms with E-state index in [1.807, 2.05) is 0 Å². The molecule has 2 fully saturated rings. The van der Waals surface area contributed by atoms with Crippen molar-refractivity contribution in [3.05, 3.63) is 0 Å². The van der Waals surface area contributed by atoms with Crippen LogP contribution in [0.3, 0.4) is 0 Å². The number of rotatable bonds is 4. The molecule has 2 unspecified atom stereocenters. The van der Waals surface area contributed by atoms with Crippen molar-refractivity contribution in [2.24, 2.45) is 11.7 Å². The van der Waals surface area contributed by atoms with E-state index >= 15 is 0 Å². The minimum absolute atomic E-state index is 0.0760. The minimum atomic E-state index is -3.36. The lowest BCUT2D eigenvalue weighted by Gasteiger charge is -2.30. The number of nitrogens with zero attached hydrogens (tertiary/aromatic N) is 1. The van der Waals surface area contributed by atoms with E-state index in [0.717, 1.165) is 25.7 Å². The van der Waals surface area contributed by atoms with Gasteiger partial charge in [0.2, 0.25) is 10.0 Å². The van der Waals surface area contributed by atoms with E-state index in [4.69, 9.17) is 18.0 Å². The first-order chi connectivity index (χ1) is 8.44. The largest absolute Gasteiger partial charge is 0.392 e. The van der Waals surface area contributed by atoms with Gasteiger partial charge in [0.15, 0.2) is 0 Å². The van der Waals surface area contributed by atoms with Crippen molar-refractivity contribution < 1.29 is 8.42 Å². The third-order valence-corrected chi connectivity index (χ3v) is 7.12. The molecule has 2 N–H and O–H groups in total. The van der Waals surface area contributed by atoms with Gasteiger partial charge >= 0.3 is 0 Å². The van der Waals surface area contributed by atoms with Crippen LogP contribution in [0, 0.1) is 5.92 Å². The van der Waals surface area contributed by atoms with Crippen molar-refractivity contribution in [3.8, 4) is 0 Å². The average Bonchev–Trinajstić information content (AvgIpc) is 2.97. The van der Waals surface area contributed by atoms with Gasteiger partial charge in [0.1, 0.15) is 5.25 Å². The Kier molecular flexibility index (Phi) is 4.29. The normalized spacial score (nSPS) is 28.6. The average molecular weight is 290 g/mol. The Labute approximate surface area is 115 Å². The number of sulfonamides is 1. The standard InChI is InChI=1S/C12H22N2O2S2/c1-9(12(13)17)18(15,16)14-8-4-7-11(14)10-5-2-3-6-10/h9-11H,2-8H2,1H3,(H2,13,17). The quantitative estimate of drug-likeness (QED) is 0.800. The molecule has 18 heavy (non-hydrogen) atoms. The monoisotopic (exact) mass is 290 g/mol. The summed E-state index contributed by atoms with van der Waals surface area (Å²) < 4.78 is 26.7. The summed E-state index contributed by atoms with van der Waals surface area (Å²) in [6.07, 6.45) is 6.76. The Morgan fingerprint density at radius 3 is 2.44 bits per heavy atom. The van der Waals surface area contributed by atoms with Gasteiger partial charge < -0.3 is 5.73 Å². The molecule has 0 aromatic heterocycles. The Morgan fingerprint density at radius 2 is 1.89 bits per heavy atom. The van der Waals surface area contributed by atoms with E-state index in [1.165, 1.54) is 12.8 Å². The van der Waals surface area contributed by atoms with Gasteiger partial charge in [0, 0.05) is 12.6 Å². The van der Waals surface area contributed by atoms with E-state index in [2.05, 4.69) is 0 Å². The molecule has 2 rings (SSSR count). The molecule has 1 heterocycles. The Hall–Kier alpha value is -0.200. The summed E-state index contributed by atoms with van der Waals surface area (Å²) in [6.45, 7) is 2.23. The van der Waals surface area contributed by atoms with Gasteiger partial charge in [-0.15, -0.1) is 0 Å². The zero-order chi connectivity index (χ0) is 13.3. The summed E-state index contributed by atoms with van der Waals surface area (Å²) in [6, 6.07) is 0.189. The fraction of sp³-hybridized carbons (Fsp3) is 0.917. The SMILES string of the molecule is CC(C(N)=S)S(=O)(=O)N1CCCC1C1CCCC1. The Balaban J connectivity index is 2.18. The molecule has 0 amide bonds. The summed E-state index contributed by atoms with van der Waals surface area (Å²) in [5.41, 5.74) is 5.51. The fourth-order valence-corrected chi connectivity index (χ4v) is 5.35. The van der Waals surface area contributed by atoms with Gasteiger partial charge in [-0.1, -0.05) is 25.1 Å². The van der Waals surface area contributed by atoms with E-state index in [9.17, 15) is 8.42 Å². The highest BCUT2D eigenvalue weighted by Gasteiger charge is 2.42. The maximum Gasteiger partial charge on any atom is 0.223 e. The summed E-state index contributed by atoms with van der Waals surface area (Å²) in [5, 5.41) is -0.741. The maximum absolute atomic E-state index is 12.5. The van der Waals surface area contributed by atoms with Crippen molar-refractivity contribution in [3.63, 3.8) is 0 Å². The van der Waals surface area contributed by atoms with Crippen LogP contribution in [0.2, 0.25) is 0 Å².